The van der Waals surface area contributed by atoms with Crippen molar-refractivity contribution in [3.63, 3.8) is 0 Å². The van der Waals surface area contributed by atoms with Gasteiger partial charge in [-0.1, -0.05) is 11.3 Å². The van der Waals surface area contributed by atoms with Gasteiger partial charge in [-0.3, -0.25) is 9.59 Å². The van der Waals surface area contributed by atoms with E-state index in [1.807, 2.05) is 0 Å². The van der Waals surface area contributed by atoms with Gasteiger partial charge in [-0.15, -0.1) is 0 Å². The van der Waals surface area contributed by atoms with Gasteiger partial charge in [-0.25, -0.2) is 4.98 Å². The molecule has 0 unspecified atom stereocenters. The van der Waals surface area contributed by atoms with E-state index in [9.17, 15) is 9.59 Å². The molecule has 2 aromatic rings. The second-order valence-electron chi connectivity index (χ2n) is 7.45. The van der Waals surface area contributed by atoms with Crippen molar-refractivity contribution in [2.24, 2.45) is 5.92 Å². The molecule has 0 spiro atoms. The Morgan fingerprint density at radius 3 is 2.48 bits per heavy atom. The number of anilines is 1. The van der Waals surface area contributed by atoms with Gasteiger partial charge in [0.05, 0.1) is 33.6 Å². The van der Waals surface area contributed by atoms with Crippen LogP contribution < -0.4 is 19.5 Å². The van der Waals surface area contributed by atoms with Crippen LogP contribution in [0.25, 0.3) is 6.08 Å². The summed E-state index contributed by atoms with van der Waals surface area (Å²) in [7, 11) is 4.65. The molecule has 1 N–H and O–H groups in total. The molecule has 2 aliphatic rings. The Morgan fingerprint density at radius 1 is 1.16 bits per heavy atom. The third kappa shape index (κ3) is 4.66. The number of amides is 2. The molecule has 9 heteroatoms. The molecule has 0 saturated heterocycles. The highest BCUT2D eigenvalue weighted by molar-refractivity contribution is 7.15. The molecule has 8 nitrogen and oxygen atoms in total. The van der Waals surface area contributed by atoms with Crippen LogP contribution >= 0.6 is 11.3 Å². The maximum atomic E-state index is 12.8. The quantitative estimate of drug-likeness (QED) is 0.662. The lowest BCUT2D eigenvalue weighted by molar-refractivity contribution is -0.126. The Kier molecular flexibility index (Phi) is 6.13. The number of carbonyl (C=O) groups excluding carboxylic acids is 2. The van der Waals surface area contributed by atoms with Crippen molar-refractivity contribution < 1.29 is 23.8 Å². The second-order valence-corrected chi connectivity index (χ2v) is 8.54. The van der Waals surface area contributed by atoms with Gasteiger partial charge >= 0.3 is 0 Å². The van der Waals surface area contributed by atoms with Gasteiger partial charge in [-0.05, 0) is 36.6 Å². The first-order valence-electron chi connectivity index (χ1n) is 10.1. The topological polar surface area (TPSA) is 90.0 Å². The number of hydrogen-bond donors (Lipinski definition) is 1. The summed E-state index contributed by atoms with van der Waals surface area (Å²) in [6.45, 7) is 1.08. The second kappa shape index (κ2) is 8.97. The van der Waals surface area contributed by atoms with Crippen molar-refractivity contribution in [1.82, 2.24) is 9.88 Å². The molecule has 1 saturated carbocycles. The molecule has 0 radical (unpaired) electrons. The molecule has 2 amide bonds. The summed E-state index contributed by atoms with van der Waals surface area (Å²) < 4.78 is 16.0. The maximum Gasteiger partial charge on any atom is 0.246 e. The highest BCUT2D eigenvalue weighted by atomic mass is 32.1. The lowest BCUT2D eigenvalue weighted by atomic mass is 10.1. The zero-order valence-electron chi connectivity index (χ0n) is 17.8. The Bertz CT molecular complexity index is 1000. The predicted octanol–water partition coefficient (Wildman–Crippen LogP) is 3.12. The minimum Gasteiger partial charge on any atom is -0.493 e. The Balaban J connectivity index is 1.43. The maximum absolute atomic E-state index is 12.8. The molecule has 1 aromatic heterocycles. The smallest absolute Gasteiger partial charge is 0.246 e. The van der Waals surface area contributed by atoms with Gasteiger partial charge in [0.2, 0.25) is 17.6 Å². The highest BCUT2D eigenvalue weighted by Gasteiger charge is 2.31. The molecule has 31 heavy (non-hydrogen) atoms. The van der Waals surface area contributed by atoms with Crippen LogP contribution in [0.4, 0.5) is 5.13 Å². The van der Waals surface area contributed by atoms with Crippen LogP contribution in [0.15, 0.2) is 18.2 Å². The summed E-state index contributed by atoms with van der Waals surface area (Å²) >= 11 is 1.45. The summed E-state index contributed by atoms with van der Waals surface area (Å²) in [6, 6.07) is 3.58. The molecule has 4 rings (SSSR count). The number of ether oxygens (including phenoxy) is 3. The van der Waals surface area contributed by atoms with Crippen molar-refractivity contribution in [2.45, 2.75) is 25.8 Å². The summed E-state index contributed by atoms with van der Waals surface area (Å²) in [4.78, 5) is 32.1. The van der Waals surface area contributed by atoms with Crippen LogP contribution in [-0.2, 0) is 22.6 Å². The zero-order valence-corrected chi connectivity index (χ0v) is 18.6. The van der Waals surface area contributed by atoms with E-state index in [1.54, 1.807) is 50.5 Å². The molecule has 0 atom stereocenters. The Hall–Kier alpha value is -3.07. The highest BCUT2D eigenvalue weighted by Crippen LogP contribution is 2.38. The Labute approximate surface area is 184 Å². The fraction of sp³-hybridized carbons (Fsp3) is 0.409. The number of hydrogen-bond acceptors (Lipinski definition) is 7. The van der Waals surface area contributed by atoms with Crippen molar-refractivity contribution in [1.29, 1.82) is 0 Å². The van der Waals surface area contributed by atoms with Crippen LogP contribution in [-0.4, -0.2) is 49.6 Å². The minimum absolute atomic E-state index is 0.0484. The van der Waals surface area contributed by atoms with Gasteiger partial charge < -0.3 is 24.4 Å². The van der Waals surface area contributed by atoms with E-state index in [4.69, 9.17) is 14.2 Å². The summed E-state index contributed by atoms with van der Waals surface area (Å²) in [5, 5.41) is 3.53. The number of benzene rings is 1. The van der Waals surface area contributed by atoms with Gasteiger partial charge in [0, 0.05) is 29.8 Å². The number of fused-ring (bicyclic) bond motifs is 1. The van der Waals surface area contributed by atoms with Crippen LogP contribution in [0.5, 0.6) is 17.2 Å². The Morgan fingerprint density at radius 2 is 1.87 bits per heavy atom. The normalized spacial score (nSPS) is 15.5. The first-order chi connectivity index (χ1) is 15.0. The van der Waals surface area contributed by atoms with E-state index in [2.05, 4.69) is 10.3 Å². The van der Waals surface area contributed by atoms with E-state index in [0.29, 0.717) is 41.9 Å². The van der Waals surface area contributed by atoms with Gasteiger partial charge in [0.1, 0.15) is 0 Å². The molecule has 1 fully saturated rings. The van der Waals surface area contributed by atoms with Gasteiger partial charge in [0.25, 0.3) is 0 Å². The number of carbonyl (C=O) groups is 2. The average molecular weight is 444 g/mol. The van der Waals surface area contributed by atoms with Crippen molar-refractivity contribution in [2.75, 3.05) is 33.2 Å². The van der Waals surface area contributed by atoms with Gasteiger partial charge in [-0.2, -0.15) is 0 Å². The molecular formula is C22H25N3O5S. The average Bonchev–Trinajstić information content (AvgIpc) is 3.56. The van der Waals surface area contributed by atoms with Crippen molar-refractivity contribution >= 4 is 34.4 Å². The lowest BCUT2D eigenvalue weighted by Gasteiger charge is -2.24. The lowest BCUT2D eigenvalue weighted by Crippen LogP contribution is -2.34. The molecule has 1 aliphatic carbocycles. The fourth-order valence-electron chi connectivity index (χ4n) is 3.46. The fourth-order valence-corrected chi connectivity index (χ4v) is 4.49. The molecule has 1 aromatic carbocycles. The van der Waals surface area contributed by atoms with Crippen molar-refractivity contribution in [3.05, 3.63) is 34.3 Å². The molecule has 0 bridgehead atoms. The number of thiazole rings is 1. The molecule has 1 aliphatic heterocycles. The monoisotopic (exact) mass is 443 g/mol. The van der Waals surface area contributed by atoms with Crippen LogP contribution in [0.1, 0.15) is 29.0 Å². The molecular weight excluding hydrogens is 418 g/mol. The van der Waals surface area contributed by atoms with E-state index in [1.165, 1.54) is 11.3 Å². The van der Waals surface area contributed by atoms with E-state index in [0.717, 1.165) is 29.0 Å². The molecule has 164 valence electrons. The number of nitrogens with zero attached hydrogens (tertiary/aromatic N) is 2. The number of rotatable bonds is 7. The third-order valence-electron chi connectivity index (χ3n) is 5.33. The third-order valence-corrected chi connectivity index (χ3v) is 6.32. The molecule has 2 heterocycles. The van der Waals surface area contributed by atoms with Crippen molar-refractivity contribution in [3.8, 4) is 17.2 Å². The van der Waals surface area contributed by atoms with E-state index >= 15 is 0 Å². The number of aromatic nitrogens is 1. The minimum atomic E-state index is -0.0867. The first kappa shape index (κ1) is 21.2. The van der Waals surface area contributed by atoms with E-state index < -0.39 is 0 Å². The summed E-state index contributed by atoms with van der Waals surface area (Å²) in [5.74, 6) is 1.67. The number of methoxy groups -OCH3 is 3. The zero-order chi connectivity index (χ0) is 22.0. The largest absolute Gasteiger partial charge is 0.493 e. The predicted molar refractivity (Wildman–Crippen MR) is 118 cm³/mol. The van der Waals surface area contributed by atoms with Crippen LogP contribution in [0, 0.1) is 5.92 Å². The summed E-state index contributed by atoms with van der Waals surface area (Å²) in [5.41, 5.74) is 1.73. The SMILES string of the molecule is COc1cc(/C=C/C(=O)N2CCc3nc(NC(=O)C4CC4)sc3C2)cc(OC)c1OC. The number of nitrogens with one attached hydrogen (secondary N) is 1. The van der Waals surface area contributed by atoms with E-state index in [-0.39, 0.29) is 17.7 Å². The van der Waals surface area contributed by atoms with Gasteiger partial charge in [0.15, 0.2) is 16.6 Å². The van der Waals surface area contributed by atoms with Crippen LogP contribution in [0.3, 0.4) is 0 Å². The standard InChI is InChI=1S/C22H25N3O5S/c1-28-16-10-13(11-17(29-2)20(16)30-3)4-7-19(26)25-9-8-15-18(12-25)31-22(23-15)24-21(27)14-5-6-14/h4,7,10-11,14H,5-6,8-9,12H2,1-3H3,(H,23,24,27)/b7-4+. The van der Waals surface area contributed by atoms with Crippen LogP contribution in [0.2, 0.25) is 0 Å². The first-order valence-corrected chi connectivity index (χ1v) is 10.9. The summed E-state index contributed by atoms with van der Waals surface area (Å²) in [6.07, 6.45) is 5.86.